The summed E-state index contributed by atoms with van der Waals surface area (Å²) in [6.45, 7) is 2.28. The van der Waals surface area contributed by atoms with Crippen molar-refractivity contribution in [3.8, 4) is 5.88 Å². The zero-order valence-corrected chi connectivity index (χ0v) is 9.19. The molecule has 1 aromatic heterocycles. The van der Waals surface area contributed by atoms with Crippen LogP contribution in [0.4, 0.5) is 0 Å². The first-order valence-electron chi connectivity index (χ1n) is 5.83. The average Bonchev–Trinajstić information content (AvgIpc) is 3.05. The molecular formula is C12H16N2O2. The second kappa shape index (κ2) is 4.39. The van der Waals surface area contributed by atoms with Crippen molar-refractivity contribution in [3.63, 3.8) is 0 Å². The van der Waals surface area contributed by atoms with Crippen LogP contribution in [0.25, 0.3) is 0 Å². The van der Waals surface area contributed by atoms with Gasteiger partial charge in [-0.1, -0.05) is 0 Å². The van der Waals surface area contributed by atoms with Crippen molar-refractivity contribution in [1.29, 1.82) is 0 Å². The molecule has 0 spiro atoms. The quantitative estimate of drug-likeness (QED) is 0.807. The minimum absolute atomic E-state index is 0.194. The van der Waals surface area contributed by atoms with Crippen LogP contribution in [0.5, 0.6) is 5.88 Å². The van der Waals surface area contributed by atoms with Gasteiger partial charge in [-0.15, -0.1) is 0 Å². The molecule has 86 valence electrons. The Kier molecular flexibility index (Phi) is 2.76. The lowest BCUT2D eigenvalue weighted by atomic mass is 10.2. The molecule has 2 aliphatic rings. The van der Waals surface area contributed by atoms with Gasteiger partial charge in [0.15, 0.2) is 0 Å². The highest BCUT2D eigenvalue weighted by Crippen LogP contribution is 2.20. The van der Waals surface area contributed by atoms with Gasteiger partial charge in [0.05, 0.1) is 13.2 Å². The number of hydrogen-bond donors (Lipinski definition) is 1. The van der Waals surface area contributed by atoms with E-state index in [0.717, 1.165) is 12.6 Å². The molecule has 0 unspecified atom stereocenters. The number of ether oxygens (including phenoxy) is 2. The van der Waals surface area contributed by atoms with Gasteiger partial charge >= 0.3 is 0 Å². The first-order valence-corrected chi connectivity index (χ1v) is 5.83. The van der Waals surface area contributed by atoms with Gasteiger partial charge < -0.3 is 14.8 Å². The molecule has 0 radical (unpaired) electrons. The van der Waals surface area contributed by atoms with Crippen molar-refractivity contribution in [2.24, 2.45) is 0 Å². The molecule has 4 nitrogen and oxygen atoms in total. The van der Waals surface area contributed by atoms with Gasteiger partial charge in [0.1, 0.15) is 6.10 Å². The lowest BCUT2D eigenvalue weighted by Crippen LogP contribution is -2.38. The van der Waals surface area contributed by atoms with E-state index >= 15 is 0 Å². The van der Waals surface area contributed by atoms with E-state index < -0.39 is 0 Å². The van der Waals surface area contributed by atoms with Crippen LogP contribution in [0.1, 0.15) is 18.4 Å². The molecule has 0 atom stereocenters. The molecular weight excluding hydrogens is 204 g/mol. The lowest BCUT2D eigenvalue weighted by molar-refractivity contribution is -0.0813. The van der Waals surface area contributed by atoms with E-state index in [2.05, 4.69) is 10.3 Å². The van der Waals surface area contributed by atoms with E-state index in [9.17, 15) is 0 Å². The second-order valence-corrected chi connectivity index (χ2v) is 4.43. The topological polar surface area (TPSA) is 43.4 Å². The number of nitrogens with zero attached hydrogens (tertiary/aromatic N) is 1. The number of aromatic nitrogens is 1. The first kappa shape index (κ1) is 10.1. The van der Waals surface area contributed by atoms with Crippen molar-refractivity contribution >= 4 is 0 Å². The molecule has 1 N–H and O–H groups in total. The molecule has 16 heavy (non-hydrogen) atoms. The molecule has 0 amide bonds. The van der Waals surface area contributed by atoms with E-state index in [1.807, 2.05) is 12.1 Å². The zero-order chi connectivity index (χ0) is 10.8. The maximum atomic E-state index is 5.65. The Hall–Kier alpha value is -1.13. The minimum Gasteiger partial charge on any atom is -0.469 e. The molecule has 3 rings (SSSR count). The largest absolute Gasteiger partial charge is 0.469 e. The maximum Gasteiger partial charge on any atom is 0.213 e. The van der Waals surface area contributed by atoms with Crippen LogP contribution < -0.4 is 10.1 Å². The predicted molar refractivity (Wildman–Crippen MR) is 59.3 cm³/mol. The van der Waals surface area contributed by atoms with E-state index in [1.165, 1.54) is 18.4 Å². The van der Waals surface area contributed by atoms with Gasteiger partial charge in [-0.25, -0.2) is 4.98 Å². The highest BCUT2D eigenvalue weighted by Gasteiger charge is 2.21. The third-order valence-electron chi connectivity index (χ3n) is 2.87. The van der Waals surface area contributed by atoms with Crippen molar-refractivity contribution in [3.05, 3.63) is 23.9 Å². The third-order valence-corrected chi connectivity index (χ3v) is 2.87. The van der Waals surface area contributed by atoms with Crippen LogP contribution in [-0.2, 0) is 11.3 Å². The van der Waals surface area contributed by atoms with E-state index in [-0.39, 0.29) is 6.10 Å². The van der Waals surface area contributed by atoms with Crippen LogP contribution in [0.3, 0.4) is 0 Å². The number of nitrogens with one attached hydrogen (secondary N) is 1. The van der Waals surface area contributed by atoms with E-state index in [0.29, 0.717) is 19.1 Å². The van der Waals surface area contributed by atoms with Crippen LogP contribution in [0, 0.1) is 0 Å². The SMILES string of the molecule is c1cc(CNC2CC2)cc(OC2COC2)n1. The molecule has 1 aromatic rings. The van der Waals surface area contributed by atoms with Gasteiger partial charge in [0.25, 0.3) is 0 Å². The zero-order valence-electron chi connectivity index (χ0n) is 9.19. The Bertz CT molecular complexity index is 362. The van der Waals surface area contributed by atoms with Crippen molar-refractivity contribution < 1.29 is 9.47 Å². The fraction of sp³-hybridized carbons (Fsp3) is 0.583. The molecule has 1 saturated carbocycles. The summed E-state index contributed by atoms with van der Waals surface area (Å²) >= 11 is 0. The van der Waals surface area contributed by atoms with Gasteiger partial charge in [0, 0.05) is 24.8 Å². The van der Waals surface area contributed by atoms with E-state index in [1.54, 1.807) is 6.20 Å². The molecule has 0 aromatic carbocycles. The molecule has 4 heteroatoms. The Balaban J connectivity index is 1.57. The fourth-order valence-corrected chi connectivity index (χ4v) is 1.63. The third kappa shape index (κ3) is 2.51. The fourth-order valence-electron chi connectivity index (χ4n) is 1.63. The Labute approximate surface area is 95.0 Å². The van der Waals surface area contributed by atoms with E-state index in [4.69, 9.17) is 9.47 Å². The molecule has 1 aliphatic heterocycles. The summed E-state index contributed by atoms with van der Waals surface area (Å²) in [6, 6.07) is 4.77. The second-order valence-electron chi connectivity index (χ2n) is 4.43. The smallest absolute Gasteiger partial charge is 0.213 e. The van der Waals surface area contributed by atoms with Gasteiger partial charge in [-0.05, 0) is 24.5 Å². The van der Waals surface area contributed by atoms with Crippen molar-refractivity contribution in [1.82, 2.24) is 10.3 Å². The summed E-state index contributed by atoms with van der Waals surface area (Å²) in [5.41, 5.74) is 1.23. The van der Waals surface area contributed by atoms with Crippen molar-refractivity contribution in [2.45, 2.75) is 31.5 Å². The normalized spacial score (nSPS) is 20.5. The number of hydrogen-bond acceptors (Lipinski definition) is 4. The van der Waals surface area contributed by atoms with Crippen LogP contribution in [0.2, 0.25) is 0 Å². The standard InChI is InChI=1S/C12H16N2O2/c1-2-10(1)14-6-9-3-4-13-12(5-9)16-11-7-15-8-11/h3-5,10-11,14H,1-2,6-8H2. The highest BCUT2D eigenvalue weighted by molar-refractivity contribution is 5.21. The Morgan fingerprint density at radius 3 is 3.00 bits per heavy atom. The summed E-state index contributed by atoms with van der Waals surface area (Å²) in [5, 5.41) is 3.47. The molecule has 1 aliphatic carbocycles. The molecule has 0 bridgehead atoms. The predicted octanol–water partition coefficient (Wildman–Crippen LogP) is 1.11. The monoisotopic (exact) mass is 220 g/mol. The summed E-state index contributed by atoms with van der Waals surface area (Å²) in [7, 11) is 0. The minimum atomic E-state index is 0.194. The molecule has 1 saturated heterocycles. The van der Waals surface area contributed by atoms with Gasteiger partial charge in [-0.2, -0.15) is 0 Å². The Morgan fingerprint density at radius 1 is 1.44 bits per heavy atom. The molecule has 2 fully saturated rings. The average molecular weight is 220 g/mol. The molecule has 2 heterocycles. The lowest BCUT2D eigenvalue weighted by Gasteiger charge is -2.26. The summed E-state index contributed by atoms with van der Waals surface area (Å²) in [6.07, 6.45) is 4.62. The highest BCUT2D eigenvalue weighted by atomic mass is 16.6. The van der Waals surface area contributed by atoms with Crippen molar-refractivity contribution in [2.75, 3.05) is 13.2 Å². The summed E-state index contributed by atoms with van der Waals surface area (Å²) < 4.78 is 10.7. The first-order chi connectivity index (χ1) is 7.90. The number of rotatable bonds is 5. The Morgan fingerprint density at radius 2 is 2.31 bits per heavy atom. The summed E-state index contributed by atoms with van der Waals surface area (Å²) in [4.78, 5) is 4.20. The number of pyridine rings is 1. The maximum absolute atomic E-state index is 5.65. The van der Waals surface area contributed by atoms with Crippen LogP contribution in [-0.4, -0.2) is 30.3 Å². The summed E-state index contributed by atoms with van der Waals surface area (Å²) in [5.74, 6) is 0.711. The van der Waals surface area contributed by atoms with Crippen LogP contribution >= 0.6 is 0 Å². The van der Waals surface area contributed by atoms with Gasteiger partial charge in [-0.3, -0.25) is 0 Å². The van der Waals surface area contributed by atoms with Crippen LogP contribution in [0.15, 0.2) is 18.3 Å². The van der Waals surface area contributed by atoms with Gasteiger partial charge in [0.2, 0.25) is 5.88 Å².